The number of carbonyl (C=O) groups is 1. The number of rotatable bonds is 10. The minimum absolute atomic E-state index is 0.197. The van der Waals surface area contributed by atoms with Gasteiger partial charge in [-0.15, -0.1) is 10.2 Å². The summed E-state index contributed by atoms with van der Waals surface area (Å²) in [6.45, 7) is 5.31. The molecule has 1 aromatic heterocycles. The van der Waals surface area contributed by atoms with Gasteiger partial charge in [-0.2, -0.15) is 0 Å². The van der Waals surface area contributed by atoms with Gasteiger partial charge in [0.1, 0.15) is 0 Å². The third-order valence-electron chi connectivity index (χ3n) is 7.99. The Balaban J connectivity index is 1.05. The molecule has 0 saturated carbocycles. The first kappa shape index (κ1) is 28.9. The summed E-state index contributed by atoms with van der Waals surface area (Å²) in [6.07, 6.45) is 1.33. The van der Waals surface area contributed by atoms with Crippen molar-refractivity contribution in [2.75, 3.05) is 31.9 Å². The highest BCUT2D eigenvalue weighted by atomic mass is 32.2. The number of nitrogens with zero attached hydrogens (tertiary/aromatic N) is 5. The molecular formula is C36H37N5OS. The predicted octanol–water partition coefficient (Wildman–Crippen LogP) is 7.05. The third kappa shape index (κ3) is 6.90. The highest BCUT2D eigenvalue weighted by Crippen LogP contribution is 2.31. The summed E-state index contributed by atoms with van der Waals surface area (Å²) >= 11 is 1.66. The molecule has 1 aliphatic rings. The number of amides is 1. The number of thioether (sulfide) groups is 1. The van der Waals surface area contributed by atoms with Crippen molar-refractivity contribution in [2.45, 2.75) is 31.0 Å². The van der Waals surface area contributed by atoms with Crippen LogP contribution in [0.25, 0.3) is 17.1 Å². The van der Waals surface area contributed by atoms with Crippen LogP contribution in [0.15, 0.2) is 120 Å². The first-order valence-corrected chi connectivity index (χ1v) is 16.0. The second kappa shape index (κ2) is 13.8. The van der Waals surface area contributed by atoms with Crippen molar-refractivity contribution in [2.24, 2.45) is 0 Å². The van der Waals surface area contributed by atoms with Gasteiger partial charge in [0.2, 0.25) is 5.91 Å². The summed E-state index contributed by atoms with van der Waals surface area (Å²) in [4.78, 5) is 17.7. The minimum atomic E-state index is 0.197. The number of aryl methyl sites for hydroxylation is 1. The lowest BCUT2D eigenvalue weighted by Crippen LogP contribution is -2.49. The van der Waals surface area contributed by atoms with Crippen LogP contribution in [-0.2, 0) is 4.79 Å². The maximum atomic E-state index is 13.2. The molecule has 1 saturated heterocycles. The van der Waals surface area contributed by atoms with Gasteiger partial charge in [-0.05, 0) is 36.6 Å². The zero-order chi connectivity index (χ0) is 29.4. The van der Waals surface area contributed by atoms with Crippen molar-refractivity contribution in [3.05, 3.63) is 132 Å². The van der Waals surface area contributed by atoms with E-state index in [0.717, 1.165) is 60.6 Å². The molecular weight excluding hydrogens is 550 g/mol. The van der Waals surface area contributed by atoms with Crippen molar-refractivity contribution in [1.29, 1.82) is 0 Å². The SMILES string of the molecule is Cc1ccc(-n2c(SCCCC(=O)N3CCN(C(c4ccccc4)c4ccccc4)CC3)nnc2-c2ccccc2)cc1. The van der Waals surface area contributed by atoms with E-state index >= 15 is 0 Å². The molecule has 6 nitrogen and oxygen atoms in total. The van der Waals surface area contributed by atoms with E-state index in [9.17, 15) is 4.79 Å². The van der Waals surface area contributed by atoms with Crippen molar-refractivity contribution < 1.29 is 4.79 Å². The molecule has 218 valence electrons. The second-order valence-corrected chi connectivity index (χ2v) is 12.0. The Labute approximate surface area is 258 Å². The smallest absolute Gasteiger partial charge is 0.222 e. The molecule has 6 rings (SSSR count). The lowest BCUT2D eigenvalue weighted by atomic mass is 9.96. The predicted molar refractivity (Wildman–Crippen MR) is 174 cm³/mol. The van der Waals surface area contributed by atoms with Crippen LogP contribution in [0, 0.1) is 6.92 Å². The zero-order valence-electron chi connectivity index (χ0n) is 24.5. The Morgan fingerprint density at radius 2 is 1.33 bits per heavy atom. The Bertz CT molecular complexity index is 1560. The van der Waals surface area contributed by atoms with Crippen molar-refractivity contribution >= 4 is 17.7 Å². The number of carbonyl (C=O) groups excluding carboxylic acids is 1. The number of piperazine rings is 1. The van der Waals surface area contributed by atoms with E-state index in [1.807, 2.05) is 23.1 Å². The lowest BCUT2D eigenvalue weighted by molar-refractivity contribution is -0.133. The van der Waals surface area contributed by atoms with E-state index in [1.54, 1.807) is 11.8 Å². The van der Waals surface area contributed by atoms with Crippen LogP contribution in [0.3, 0.4) is 0 Å². The monoisotopic (exact) mass is 587 g/mol. The Morgan fingerprint density at radius 3 is 1.93 bits per heavy atom. The molecule has 1 aliphatic heterocycles. The highest BCUT2D eigenvalue weighted by molar-refractivity contribution is 7.99. The molecule has 1 amide bonds. The molecule has 5 aromatic rings. The van der Waals surface area contributed by atoms with E-state index in [0.29, 0.717) is 6.42 Å². The standard InChI is InChI=1S/C36H37N5OS/c1-28-19-21-32(22-20-28)41-35(31-16-9-4-10-17-31)37-38-36(41)43-27-11-18-33(42)39-23-25-40(26-24-39)34(29-12-5-2-6-13-29)30-14-7-3-8-15-30/h2-10,12-17,19-22,34H,11,18,23-27H2,1H3. The molecule has 0 aliphatic carbocycles. The largest absolute Gasteiger partial charge is 0.340 e. The van der Waals surface area contributed by atoms with Crippen molar-refractivity contribution in [3.8, 4) is 17.1 Å². The second-order valence-electron chi connectivity index (χ2n) is 10.9. The summed E-state index contributed by atoms with van der Waals surface area (Å²) in [5.41, 5.74) is 5.86. The van der Waals surface area contributed by atoms with E-state index in [4.69, 9.17) is 0 Å². The van der Waals surface area contributed by atoms with Gasteiger partial charge in [-0.3, -0.25) is 14.3 Å². The highest BCUT2D eigenvalue weighted by Gasteiger charge is 2.28. The maximum absolute atomic E-state index is 13.2. The lowest BCUT2D eigenvalue weighted by Gasteiger charge is -2.40. The van der Waals surface area contributed by atoms with E-state index in [2.05, 4.69) is 124 Å². The molecule has 4 aromatic carbocycles. The summed E-state index contributed by atoms with van der Waals surface area (Å²) in [7, 11) is 0. The van der Waals surface area contributed by atoms with Gasteiger partial charge < -0.3 is 4.90 Å². The van der Waals surface area contributed by atoms with Gasteiger partial charge in [-0.25, -0.2) is 0 Å². The van der Waals surface area contributed by atoms with Gasteiger partial charge in [0.25, 0.3) is 0 Å². The number of benzene rings is 4. The van der Waals surface area contributed by atoms with E-state index in [-0.39, 0.29) is 11.9 Å². The minimum Gasteiger partial charge on any atom is -0.340 e. The number of hydrogen-bond acceptors (Lipinski definition) is 5. The van der Waals surface area contributed by atoms with Gasteiger partial charge in [0.05, 0.1) is 6.04 Å². The molecule has 0 atom stereocenters. The average molecular weight is 588 g/mol. The normalized spacial score (nSPS) is 13.9. The van der Waals surface area contributed by atoms with E-state index < -0.39 is 0 Å². The van der Waals surface area contributed by atoms with Crippen LogP contribution in [0.2, 0.25) is 0 Å². The molecule has 0 N–H and O–H groups in total. The number of aromatic nitrogens is 3. The summed E-state index contributed by atoms with van der Waals surface area (Å²) < 4.78 is 2.12. The molecule has 0 spiro atoms. The van der Waals surface area contributed by atoms with Crippen LogP contribution in [-0.4, -0.2) is 62.4 Å². The van der Waals surface area contributed by atoms with E-state index in [1.165, 1.54) is 16.7 Å². The fourth-order valence-electron chi connectivity index (χ4n) is 5.72. The van der Waals surface area contributed by atoms with Crippen molar-refractivity contribution in [1.82, 2.24) is 24.6 Å². The van der Waals surface area contributed by atoms with Crippen LogP contribution in [0.1, 0.15) is 35.6 Å². The van der Waals surface area contributed by atoms with Gasteiger partial charge in [0, 0.05) is 49.6 Å². The topological polar surface area (TPSA) is 54.3 Å². The third-order valence-corrected chi connectivity index (χ3v) is 9.00. The van der Waals surface area contributed by atoms with Gasteiger partial charge in [-0.1, -0.05) is 120 Å². The summed E-state index contributed by atoms with van der Waals surface area (Å²) in [5, 5.41) is 9.94. The zero-order valence-corrected chi connectivity index (χ0v) is 25.4. The molecule has 7 heteroatoms. The van der Waals surface area contributed by atoms with Crippen LogP contribution < -0.4 is 0 Å². The summed E-state index contributed by atoms with van der Waals surface area (Å²) in [5.74, 6) is 1.86. The molecule has 0 unspecified atom stereocenters. The molecule has 0 bridgehead atoms. The average Bonchev–Trinajstić information content (AvgIpc) is 3.49. The van der Waals surface area contributed by atoms with Crippen LogP contribution in [0.5, 0.6) is 0 Å². The fourth-order valence-corrected chi connectivity index (χ4v) is 6.61. The quantitative estimate of drug-likeness (QED) is 0.130. The molecule has 0 radical (unpaired) electrons. The van der Waals surface area contributed by atoms with Gasteiger partial charge >= 0.3 is 0 Å². The first-order valence-electron chi connectivity index (χ1n) is 15.0. The Hall–Kier alpha value is -4.20. The van der Waals surface area contributed by atoms with Crippen LogP contribution in [0.4, 0.5) is 0 Å². The van der Waals surface area contributed by atoms with Crippen molar-refractivity contribution in [3.63, 3.8) is 0 Å². The molecule has 2 heterocycles. The maximum Gasteiger partial charge on any atom is 0.222 e. The van der Waals surface area contributed by atoms with Crippen LogP contribution >= 0.6 is 11.8 Å². The number of hydrogen-bond donors (Lipinski definition) is 0. The summed E-state index contributed by atoms with van der Waals surface area (Å²) in [6, 6.07) is 40.2. The molecule has 1 fully saturated rings. The first-order chi connectivity index (χ1) is 21.2. The Kier molecular flexibility index (Phi) is 9.31. The fraction of sp³-hybridized carbons (Fsp3) is 0.250. The van der Waals surface area contributed by atoms with Gasteiger partial charge in [0.15, 0.2) is 11.0 Å². The molecule has 43 heavy (non-hydrogen) atoms. The Morgan fingerprint density at radius 1 is 0.744 bits per heavy atom.